The van der Waals surface area contributed by atoms with Crippen LogP contribution in [-0.4, -0.2) is 31.6 Å². The van der Waals surface area contributed by atoms with Crippen LogP contribution in [0, 0.1) is 0 Å². The van der Waals surface area contributed by atoms with Crippen molar-refractivity contribution in [2.24, 2.45) is 0 Å². The highest BCUT2D eigenvalue weighted by atomic mass is 35.5. The highest BCUT2D eigenvalue weighted by molar-refractivity contribution is 6.42. The quantitative estimate of drug-likeness (QED) is 0.857. The van der Waals surface area contributed by atoms with Crippen molar-refractivity contribution >= 4 is 29.1 Å². The minimum absolute atomic E-state index is 0.0337. The summed E-state index contributed by atoms with van der Waals surface area (Å²) in [6.07, 6.45) is 0.0651. The Morgan fingerprint density at radius 3 is 2.72 bits per heavy atom. The molecule has 1 aliphatic rings. The van der Waals surface area contributed by atoms with Gasteiger partial charge < -0.3 is 15.4 Å². The summed E-state index contributed by atoms with van der Waals surface area (Å²) in [5.74, 6) is -0.0337. The van der Waals surface area contributed by atoms with Crippen LogP contribution in [0.5, 0.6) is 0 Å². The summed E-state index contributed by atoms with van der Waals surface area (Å²) >= 11 is 12.2. The summed E-state index contributed by atoms with van der Waals surface area (Å²) in [6, 6.07) is 14.9. The molecule has 2 aromatic rings. The van der Waals surface area contributed by atoms with Crippen LogP contribution >= 0.6 is 23.2 Å². The lowest BCUT2D eigenvalue weighted by Gasteiger charge is -2.26. The summed E-state index contributed by atoms with van der Waals surface area (Å²) in [7, 11) is 0. The standard InChI is InChI=1S/C19H20Cl2N2O2/c20-15-7-6-14(11-16(15)21)19-17(12-22-8-9-25-19)23-18(24)10-13-4-2-1-3-5-13/h1-7,11,17,19,22H,8-10,12H2,(H,23,24). The molecule has 3 rings (SSSR count). The molecule has 0 bridgehead atoms. The molecule has 0 radical (unpaired) electrons. The van der Waals surface area contributed by atoms with Crippen molar-refractivity contribution in [1.82, 2.24) is 10.6 Å². The second-order valence-corrected chi connectivity index (χ2v) is 6.82. The second kappa shape index (κ2) is 8.68. The fourth-order valence-electron chi connectivity index (χ4n) is 2.92. The average molecular weight is 379 g/mol. The van der Waals surface area contributed by atoms with E-state index in [9.17, 15) is 4.79 Å². The summed E-state index contributed by atoms with van der Waals surface area (Å²) in [5.41, 5.74) is 1.89. The number of nitrogens with one attached hydrogen (secondary N) is 2. The van der Waals surface area contributed by atoms with E-state index >= 15 is 0 Å². The van der Waals surface area contributed by atoms with E-state index in [-0.39, 0.29) is 18.1 Å². The molecule has 1 saturated heterocycles. The van der Waals surface area contributed by atoms with Crippen molar-refractivity contribution in [3.05, 3.63) is 69.7 Å². The predicted octanol–water partition coefficient (Wildman–Crippen LogP) is 3.38. The minimum Gasteiger partial charge on any atom is -0.370 e. The van der Waals surface area contributed by atoms with Crippen LogP contribution < -0.4 is 10.6 Å². The number of carbonyl (C=O) groups is 1. The van der Waals surface area contributed by atoms with Crippen molar-refractivity contribution in [3.63, 3.8) is 0 Å². The van der Waals surface area contributed by atoms with Crippen molar-refractivity contribution in [2.45, 2.75) is 18.6 Å². The lowest BCUT2D eigenvalue weighted by atomic mass is 10.0. The highest BCUT2D eigenvalue weighted by Crippen LogP contribution is 2.29. The average Bonchev–Trinajstić information content (AvgIpc) is 2.83. The first kappa shape index (κ1) is 18.2. The third-order valence-corrected chi connectivity index (χ3v) is 4.87. The van der Waals surface area contributed by atoms with Gasteiger partial charge in [-0.3, -0.25) is 4.79 Å². The van der Waals surface area contributed by atoms with Gasteiger partial charge in [0.25, 0.3) is 0 Å². The molecule has 6 heteroatoms. The van der Waals surface area contributed by atoms with Gasteiger partial charge in [-0.1, -0.05) is 59.6 Å². The monoisotopic (exact) mass is 378 g/mol. The Morgan fingerprint density at radius 2 is 1.96 bits per heavy atom. The first-order chi connectivity index (χ1) is 12.1. The van der Waals surface area contributed by atoms with E-state index in [0.29, 0.717) is 29.6 Å². The zero-order valence-corrected chi connectivity index (χ0v) is 15.2. The minimum atomic E-state index is -0.274. The number of ether oxygens (including phenoxy) is 1. The van der Waals surface area contributed by atoms with Gasteiger partial charge in [-0.25, -0.2) is 0 Å². The van der Waals surface area contributed by atoms with E-state index in [0.717, 1.165) is 17.7 Å². The van der Waals surface area contributed by atoms with Gasteiger partial charge in [-0.15, -0.1) is 0 Å². The number of hydrogen-bond donors (Lipinski definition) is 2. The summed E-state index contributed by atoms with van der Waals surface area (Å²) in [4.78, 5) is 12.4. The molecule has 2 atom stereocenters. The molecule has 1 amide bonds. The third kappa shape index (κ3) is 4.95. The Labute approximate surface area is 157 Å². The predicted molar refractivity (Wildman–Crippen MR) is 100 cm³/mol. The van der Waals surface area contributed by atoms with Gasteiger partial charge in [0.2, 0.25) is 5.91 Å². The number of amides is 1. The van der Waals surface area contributed by atoms with Gasteiger partial charge >= 0.3 is 0 Å². The molecule has 132 valence electrons. The molecule has 2 unspecified atom stereocenters. The number of benzene rings is 2. The fourth-order valence-corrected chi connectivity index (χ4v) is 3.23. The molecule has 0 spiro atoms. The maximum absolute atomic E-state index is 12.4. The molecule has 4 nitrogen and oxygen atoms in total. The van der Waals surface area contributed by atoms with Crippen molar-refractivity contribution < 1.29 is 9.53 Å². The van der Waals surface area contributed by atoms with E-state index in [2.05, 4.69) is 10.6 Å². The lowest BCUT2D eigenvalue weighted by molar-refractivity contribution is -0.122. The molecule has 25 heavy (non-hydrogen) atoms. The SMILES string of the molecule is O=C(Cc1ccccc1)NC1CNCCOC1c1ccc(Cl)c(Cl)c1. The van der Waals surface area contributed by atoms with Crippen molar-refractivity contribution in [2.75, 3.05) is 19.7 Å². The maximum atomic E-state index is 12.4. The largest absolute Gasteiger partial charge is 0.370 e. The van der Waals surface area contributed by atoms with Crippen LogP contribution in [0.25, 0.3) is 0 Å². The van der Waals surface area contributed by atoms with Gasteiger partial charge in [0.1, 0.15) is 6.10 Å². The Bertz CT molecular complexity index is 725. The molecule has 0 saturated carbocycles. The smallest absolute Gasteiger partial charge is 0.224 e. The zero-order valence-electron chi connectivity index (χ0n) is 13.7. The number of carbonyl (C=O) groups excluding carboxylic acids is 1. The lowest BCUT2D eigenvalue weighted by Crippen LogP contribution is -2.45. The number of halogens is 2. The second-order valence-electron chi connectivity index (χ2n) is 6.01. The van der Waals surface area contributed by atoms with Crippen LogP contribution in [0.3, 0.4) is 0 Å². The number of rotatable bonds is 4. The zero-order chi connectivity index (χ0) is 17.6. The fraction of sp³-hybridized carbons (Fsp3) is 0.316. The summed E-state index contributed by atoms with van der Waals surface area (Å²) in [6.45, 7) is 1.93. The first-order valence-corrected chi connectivity index (χ1v) is 8.99. The van der Waals surface area contributed by atoms with Gasteiger partial charge in [-0.05, 0) is 23.3 Å². The van der Waals surface area contributed by atoms with Gasteiger partial charge in [-0.2, -0.15) is 0 Å². The molecule has 1 aliphatic heterocycles. The van der Waals surface area contributed by atoms with Crippen LogP contribution in [0.4, 0.5) is 0 Å². The molecule has 1 heterocycles. The van der Waals surface area contributed by atoms with Crippen molar-refractivity contribution in [1.29, 1.82) is 0 Å². The van der Waals surface area contributed by atoms with Gasteiger partial charge in [0.05, 0.1) is 29.1 Å². The van der Waals surface area contributed by atoms with Crippen LogP contribution in [0.1, 0.15) is 17.2 Å². The summed E-state index contributed by atoms with van der Waals surface area (Å²) < 4.78 is 5.97. The van der Waals surface area contributed by atoms with Crippen molar-refractivity contribution in [3.8, 4) is 0 Å². The van der Waals surface area contributed by atoms with Crippen LogP contribution in [0.15, 0.2) is 48.5 Å². The molecule has 1 fully saturated rings. The molecule has 2 aromatic carbocycles. The molecular formula is C19H20Cl2N2O2. The molecular weight excluding hydrogens is 359 g/mol. The Kier molecular flexibility index (Phi) is 6.32. The maximum Gasteiger partial charge on any atom is 0.224 e. The number of hydrogen-bond acceptors (Lipinski definition) is 3. The Balaban J connectivity index is 1.73. The molecule has 2 N–H and O–H groups in total. The third-order valence-electron chi connectivity index (χ3n) is 4.13. The van der Waals surface area contributed by atoms with E-state index in [1.807, 2.05) is 36.4 Å². The Morgan fingerprint density at radius 1 is 1.16 bits per heavy atom. The van der Waals surface area contributed by atoms with E-state index in [1.54, 1.807) is 12.1 Å². The Hall–Kier alpha value is -1.59. The van der Waals surface area contributed by atoms with E-state index in [1.165, 1.54) is 0 Å². The molecule has 0 aliphatic carbocycles. The van der Waals surface area contributed by atoms with E-state index < -0.39 is 0 Å². The van der Waals surface area contributed by atoms with Gasteiger partial charge in [0.15, 0.2) is 0 Å². The highest BCUT2D eigenvalue weighted by Gasteiger charge is 2.28. The summed E-state index contributed by atoms with van der Waals surface area (Å²) in [5, 5.41) is 7.36. The van der Waals surface area contributed by atoms with E-state index in [4.69, 9.17) is 27.9 Å². The topological polar surface area (TPSA) is 50.4 Å². The molecule has 0 aromatic heterocycles. The van der Waals surface area contributed by atoms with Crippen LogP contribution in [0.2, 0.25) is 10.0 Å². The first-order valence-electron chi connectivity index (χ1n) is 8.24. The van der Waals surface area contributed by atoms with Crippen LogP contribution in [-0.2, 0) is 16.0 Å². The van der Waals surface area contributed by atoms with Gasteiger partial charge in [0, 0.05) is 13.1 Å². The normalized spacial score (nSPS) is 20.7.